The summed E-state index contributed by atoms with van der Waals surface area (Å²) in [5.74, 6) is -1.17. The van der Waals surface area contributed by atoms with Gasteiger partial charge in [-0.3, -0.25) is 0 Å². The van der Waals surface area contributed by atoms with Crippen LogP contribution in [-0.4, -0.2) is 15.0 Å². The summed E-state index contributed by atoms with van der Waals surface area (Å²) in [4.78, 5) is 0. The summed E-state index contributed by atoms with van der Waals surface area (Å²) in [7, 11) is 0. The molecule has 0 saturated carbocycles. The van der Waals surface area contributed by atoms with Crippen LogP contribution in [0, 0.1) is 11.6 Å². The molecular weight excluding hydrogens is 260 g/mol. The Balaban J connectivity index is 1.84. The summed E-state index contributed by atoms with van der Waals surface area (Å²) in [5, 5.41) is 8.00. The van der Waals surface area contributed by atoms with Crippen LogP contribution in [0.5, 0.6) is 0 Å². The maximum Gasteiger partial charge on any atom is 0.131 e. The van der Waals surface area contributed by atoms with E-state index in [0.29, 0.717) is 11.3 Å². The number of aromatic nitrogens is 3. The molecule has 100 valence electrons. The molecule has 0 radical (unpaired) electrons. The van der Waals surface area contributed by atoms with Crippen LogP contribution in [0.2, 0.25) is 0 Å². The van der Waals surface area contributed by atoms with Gasteiger partial charge in [-0.2, -0.15) is 0 Å². The Hall–Kier alpha value is -2.56. The molecule has 0 N–H and O–H groups in total. The lowest BCUT2D eigenvalue weighted by atomic mass is 10.2. The van der Waals surface area contributed by atoms with E-state index in [-0.39, 0.29) is 6.54 Å². The van der Waals surface area contributed by atoms with Crippen molar-refractivity contribution in [3.63, 3.8) is 0 Å². The van der Waals surface area contributed by atoms with E-state index in [2.05, 4.69) is 10.3 Å². The zero-order chi connectivity index (χ0) is 13.9. The average molecular weight is 271 g/mol. The van der Waals surface area contributed by atoms with E-state index >= 15 is 0 Å². The number of hydrogen-bond acceptors (Lipinski definition) is 2. The van der Waals surface area contributed by atoms with Crippen molar-refractivity contribution in [2.24, 2.45) is 0 Å². The van der Waals surface area contributed by atoms with E-state index in [1.54, 1.807) is 6.20 Å². The minimum Gasteiger partial charge on any atom is -0.247 e. The first-order valence-corrected chi connectivity index (χ1v) is 6.12. The van der Waals surface area contributed by atoms with E-state index in [1.807, 2.05) is 30.3 Å². The molecule has 0 spiro atoms. The summed E-state index contributed by atoms with van der Waals surface area (Å²) in [6, 6.07) is 13.1. The third-order valence-corrected chi connectivity index (χ3v) is 2.96. The molecule has 0 aliphatic heterocycles. The van der Waals surface area contributed by atoms with Gasteiger partial charge in [-0.15, -0.1) is 5.10 Å². The Morgan fingerprint density at radius 3 is 2.55 bits per heavy atom. The van der Waals surface area contributed by atoms with E-state index in [0.717, 1.165) is 11.6 Å². The molecule has 0 aliphatic rings. The lowest BCUT2D eigenvalue weighted by molar-refractivity contribution is 0.554. The summed E-state index contributed by atoms with van der Waals surface area (Å²) in [6.07, 6.45) is 1.73. The Morgan fingerprint density at radius 1 is 1.00 bits per heavy atom. The minimum absolute atomic E-state index is 0.214. The molecule has 3 nitrogen and oxygen atoms in total. The zero-order valence-corrected chi connectivity index (χ0v) is 10.5. The Morgan fingerprint density at radius 2 is 1.80 bits per heavy atom. The van der Waals surface area contributed by atoms with Crippen LogP contribution in [0.25, 0.3) is 11.3 Å². The normalized spacial score (nSPS) is 10.7. The molecule has 20 heavy (non-hydrogen) atoms. The predicted octanol–water partition coefficient (Wildman–Crippen LogP) is 3.27. The molecule has 0 unspecified atom stereocenters. The van der Waals surface area contributed by atoms with Gasteiger partial charge in [-0.25, -0.2) is 13.5 Å². The van der Waals surface area contributed by atoms with Gasteiger partial charge in [0.1, 0.15) is 17.3 Å². The van der Waals surface area contributed by atoms with Crippen molar-refractivity contribution in [2.75, 3.05) is 0 Å². The van der Waals surface area contributed by atoms with Crippen molar-refractivity contribution in [3.8, 4) is 11.3 Å². The summed E-state index contributed by atoms with van der Waals surface area (Å²) in [6.45, 7) is 0.214. The number of nitrogens with zero attached hydrogens (tertiary/aromatic N) is 3. The number of rotatable bonds is 3. The summed E-state index contributed by atoms with van der Waals surface area (Å²) < 4.78 is 27.9. The van der Waals surface area contributed by atoms with Gasteiger partial charge in [0.15, 0.2) is 0 Å². The van der Waals surface area contributed by atoms with Crippen molar-refractivity contribution in [2.45, 2.75) is 6.54 Å². The van der Waals surface area contributed by atoms with Gasteiger partial charge in [0, 0.05) is 17.2 Å². The topological polar surface area (TPSA) is 30.7 Å². The van der Waals surface area contributed by atoms with Gasteiger partial charge >= 0.3 is 0 Å². The third kappa shape index (κ3) is 2.56. The van der Waals surface area contributed by atoms with Gasteiger partial charge in [0.25, 0.3) is 0 Å². The molecule has 2 aromatic carbocycles. The molecule has 0 bridgehead atoms. The SMILES string of the molecule is Fc1ccc(Cn2cc(-c3ccccc3)nn2)c(F)c1. The number of hydrogen-bond donors (Lipinski definition) is 0. The first kappa shape index (κ1) is 12.5. The van der Waals surface area contributed by atoms with Crippen LogP contribution in [0.4, 0.5) is 8.78 Å². The Kier molecular flexibility index (Phi) is 3.25. The van der Waals surface area contributed by atoms with E-state index < -0.39 is 11.6 Å². The van der Waals surface area contributed by atoms with Crippen molar-refractivity contribution in [1.82, 2.24) is 15.0 Å². The summed E-state index contributed by atoms with van der Waals surface area (Å²) in [5.41, 5.74) is 2.03. The predicted molar refractivity (Wildman–Crippen MR) is 70.9 cm³/mol. The lowest BCUT2D eigenvalue weighted by Crippen LogP contribution is -2.03. The molecule has 0 saturated heterocycles. The number of halogens is 2. The summed E-state index contributed by atoms with van der Waals surface area (Å²) >= 11 is 0. The smallest absolute Gasteiger partial charge is 0.131 e. The van der Waals surface area contributed by atoms with E-state index in [9.17, 15) is 8.78 Å². The highest BCUT2D eigenvalue weighted by Gasteiger charge is 2.07. The molecule has 0 amide bonds. The van der Waals surface area contributed by atoms with Gasteiger partial charge in [-0.05, 0) is 6.07 Å². The molecule has 5 heteroatoms. The second-order valence-electron chi connectivity index (χ2n) is 4.40. The van der Waals surface area contributed by atoms with Crippen LogP contribution < -0.4 is 0 Å². The monoisotopic (exact) mass is 271 g/mol. The zero-order valence-electron chi connectivity index (χ0n) is 10.5. The lowest BCUT2D eigenvalue weighted by Gasteiger charge is -2.02. The molecule has 0 atom stereocenters. The highest BCUT2D eigenvalue weighted by molar-refractivity contribution is 5.57. The second-order valence-corrected chi connectivity index (χ2v) is 4.40. The van der Waals surface area contributed by atoms with Crippen LogP contribution in [0.15, 0.2) is 54.7 Å². The largest absolute Gasteiger partial charge is 0.247 e. The van der Waals surface area contributed by atoms with Crippen LogP contribution >= 0.6 is 0 Å². The quantitative estimate of drug-likeness (QED) is 0.732. The van der Waals surface area contributed by atoms with Gasteiger partial charge in [0.2, 0.25) is 0 Å². The second kappa shape index (κ2) is 5.21. The molecule has 3 aromatic rings. The van der Waals surface area contributed by atoms with Crippen molar-refractivity contribution in [3.05, 3.63) is 71.9 Å². The van der Waals surface area contributed by atoms with Crippen molar-refractivity contribution < 1.29 is 8.78 Å². The first-order valence-electron chi connectivity index (χ1n) is 6.12. The fourth-order valence-corrected chi connectivity index (χ4v) is 1.94. The van der Waals surface area contributed by atoms with E-state index in [1.165, 1.54) is 16.8 Å². The Labute approximate surface area is 114 Å². The Bertz CT molecular complexity index is 723. The van der Waals surface area contributed by atoms with Crippen LogP contribution in [0.3, 0.4) is 0 Å². The molecule has 1 aromatic heterocycles. The maximum atomic E-state index is 13.6. The first-order chi connectivity index (χ1) is 9.72. The van der Waals surface area contributed by atoms with Gasteiger partial charge in [-0.1, -0.05) is 41.6 Å². The molecule has 0 aliphatic carbocycles. The fraction of sp³-hybridized carbons (Fsp3) is 0.0667. The van der Waals surface area contributed by atoms with Gasteiger partial charge < -0.3 is 0 Å². The van der Waals surface area contributed by atoms with Crippen LogP contribution in [-0.2, 0) is 6.54 Å². The molecule has 1 heterocycles. The maximum absolute atomic E-state index is 13.6. The van der Waals surface area contributed by atoms with Crippen molar-refractivity contribution in [1.29, 1.82) is 0 Å². The highest BCUT2D eigenvalue weighted by atomic mass is 19.1. The van der Waals surface area contributed by atoms with E-state index in [4.69, 9.17) is 0 Å². The fourth-order valence-electron chi connectivity index (χ4n) is 1.94. The molecule has 0 fully saturated rings. The molecule has 3 rings (SSSR count). The van der Waals surface area contributed by atoms with Crippen molar-refractivity contribution >= 4 is 0 Å². The number of benzene rings is 2. The molecular formula is C15H11F2N3. The average Bonchev–Trinajstić information content (AvgIpc) is 2.92. The highest BCUT2D eigenvalue weighted by Crippen LogP contribution is 2.16. The van der Waals surface area contributed by atoms with Crippen LogP contribution in [0.1, 0.15) is 5.56 Å². The minimum atomic E-state index is -0.588. The standard InChI is InChI=1S/C15H11F2N3/c16-13-7-6-12(14(17)8-13)9-20-10-15(18-19-20)11-4-2-1-3-5-11/h1-8,10H,9H2. The third-order valence-electron chi connectivity index (χ3n) is 2.96. The van der Waals surface area contributed by atoms with Gasteiger partial charge in [0.05, 0.1) is 12.7 Å².